The van der Waals surface area contributed by atoms with Gasteiger partial charge in [0.1, 0.15) is 17.0 Å². The number of aryl methyl sites for hydroxylation is 1. The number of nitrogens with zero attached hydrogens (tertiary/aromatic N) is 2. The third-order valence-corrected chi connectivity index (χ3v) is 8.82. The van der Waals surface area contributed by atoms with E-state index in [-0.39, 0.29) is 0 Å². The van der Waals surface area contributed by atoms with Gasteiger partial charge < -0.3 is 15.9 Å². The Bertz CT molecular complexity index is 2530. The van der Waals surface area contributed by atoms with Crippen molar-refractivity contribution in [2.75, 3.05) is 5.73 Å². The first-order valence-electron chi connectivity index (χ1n) is 15.7. The standard InChI is InChI=1S/C42H32N4O/c1-26-21-36(31-13-5-6-15-33(31)40(26)34-16-7-9-17-37(34)43)41(44)46-42(45-25-27-11-3-2-4-12-27)29-20-19-28-24-39-35(23-30(28)22-29)32-14-8-10-18-38(32)47-39/h2-24H,25,43H2,1H3,(H2,44,45,46). The summed E-state index contributed by atoms with van der Waals surface area (Å²) in [6.07, 6.45) is 0. The number of fused-ring (bicyclic) bond motifs is 5. The van der Waals surface area contributed by atoms with E-state index in [9.17, 15) is 0 Å². The molecule has 47 heavy (non-hydrogen) atoms. The van der Waals surface area contributed by atoms with Gasteiger partial charge in [-0.25, -0.2) is 4.99 Å². The topological polar surface area (TPSA) is 89.9 Å². The zero-order chi connectivity index (χ0) is 31.9. The first-order valence-corrected chi connectivity index (χ1v) is 15.7. The summed E-state index contributed by atoms with van der Waals surface area (Å²) in [6, 6.07) is 47.3. The quantitative estimate of drug-likeness (QED) is 0.116. The molecule has 0 spiro atoms. The molecule has 8 rings (SSSR count). The molecule has 0 atom stereocenters. The largest absolute Gasteiger partial charge is 0.456 e. The third-order valence-electron chi connectivity index (χ3n) is 8.82. The fourth-order valence-electron chi connectivity index (χ4n) is 6.53. The summed E-state index contributed by atoms with van der Waals surface area (Å²) < 4.78 is 6.15. The molecule has 0 aliphatic heterocycles. The molecule has 0 amide bonds. The second-order valence-electron chi connectivity index (χ2n) is 11.9. The smallest absolute Gasteiger partial charge is 0.157 e. The van der Waals surface area contributed by atoms with Crippen LogP contribution >= 0.6 is 0 Å². The first kappa shape index (κ1) is 28.3. The first-order chi connectivity index (χ1) is 23.0. The minimum atomic E-state index is 0.403. The van der Waals surface area contributed by atoms with Gasteiger partial charge in [0, 0.05) is 33.2 Å². The fraction of sp³-hybridized carbons (Fsp3) is 0.0476. The second kappa shape index (κ2) is 11.6. The number of furan rings is 1. The number of hydrogen-bond acceptors (Lipinski definition) is 3. The Hall–Kier alpha value is -6.20. The molecule has 0 bridgehead atoms. The number of nitrogen functional groups attached to an aromatic ring is 1. The lowest BCUT2D eigenvalue weighted by molar-refractivity contribution is 0.669. The van der Waals surface area contributed by atoms with E-state index < -0.39 is 0 Å². The summed E-state index contributed by atoms with van der Waals surface area (Å²) >= 11 is 0. The van der Waals surface area contributed by atoms with Crippen LogP contribution in [0.4, 0.5) is 5.69 Å². The van der Waals surface area contributed by atoms with E-state index in [0.29, 0.717) is 18.2 Å². The van der Waals surface area contributed by atoms with E-state index >= 15 is 0 Å². The molecule has 0 aliphatic carbocycles. The molecule has 4 N–H and O–H groups in total. The number of anilines is 1. The summed E-state index contributed by atoms with van der Waals surface area (Å²) in [7, 11) is 0. The Kier molecular flexibility index (Phi) is 6.99. The molecule has 0 saturated heterocycles. The van der Waals surface area contributed by atoms with E-state index in [1.807, 2.05) is 66.7 Å². The maximum atomic E-state index is 6.92. The summed E-state index contributed by atoms with van der Waals surface area (Å²) in [5, 5.41) is 6.41. The summed E-state index contributed by atoms with van der Waals surface area (Å²) in [5.41, 5.74) is 21.9. The number of aliphatic imine (C=N–C) groups is 2. The zero-order valence-electron chi connectivity index (χ0n) is 25.9. The molecule has 0 aliphatic rings. The Balaban J connectivity index is 1.28. The summed E-state index contributed by atoms with van der Waals surface area (Å²) in [5.74, 6) is 0.976. The highest BCUT2D eigenvalue weighted by molar-refractivity contribution is 6.19. The molecule has 8 aromatic rings. The van der Waals surface area contributed by atoms with Gasteiger partial charge in [-0.1, -0.05) is 103 Å². The van der Waals surface area contributed by atoms with Crippen molar-refractivity contribution in [3.05, 3.63) is 162 Å². The lowest BCUT2D eigenvalue weighted by Crippen LogP contribution is -2.17. The maximum absolute atomic E-state index is 6.92. The number of nitrogens with two attached hydrogens (primary N) is 2. The number of para-hydroxylation sites is 2. The molecule has 1 heterocycles. The van der Waals surface area contributed by atoms with Crippen molar-refractivity contribution in [2.24, 2.45) is 15.7 Å². The second-order valence-corrected chi connectivity index (χ2v) is 11.9. The Morgan fingerprint density at radius 3 is 2.19 bits per heavy atom. The van der Waals surface area contributed by atoms with Gasteiger partial charge in [0.05, 0.1) is 6.54 Å². The van der Waals surface area contributed by atoms with Gasteiger partial charge in [0.2, 0.25) is 0 Å². The average Bonchev–Trinajstić information content (AvgIpc) is 3.46. The van der Waals surface area contributed by atoms with Gasteiger partial charge in [0.15, 0.2) is 5.84 Å². The summed E-state index contributed by atoms with van der Waals surface area (Å²) in [4.78, 5) is 10.1. The van der Waals surface area contributed by atoms with Gasteiger partial charge in [0.25, 0.3) is 0 Å². The molecular weight excluding hydrogens is 576 g/mol. The Morgan fingerprint density at radius 1 is 0.638 bits per heavy atom. The van der Waals surface area contributed by atoms with Crippen molar-refractivity contribution in [2.45, 2.75) is 13.5 Å². The van der Waals surface area contributed by atoms with Gasteiger partial charge in [-0.15, -0.1) is 0 Å². The third kappa shape index (κ3) is 5.18. The number of amidine groups is 2. The van der Waals surface area contributed by atoms with Crippen LogP contribution in [0.2, 0.25) is 0 Å². The van der Waals surface area contributed by atoms with Gasteiger partial charge in [-0.05, 0) is 81.6 Å². The normalized spacial score (nSPS) is 12.4. The average molecular weight is 609 g/mol. The number of benzene rings is 7. The lowest BCUT2D eigenvalue weighted by atomic mass is 9.90. The predicted molar refractivity (Wildman–Crippen MR) is 197 cm³/mol. The van der Waals surface area contributed by atoms with Gasteiger partial charge >= 0.3 is 0 Å². The van der Waals surface area contributed by atoms with Crippen molar-refractivity contribution in [3.8, 4) is 11.1 Å². The van der Waals surface area contributed by atoms with E-state index in [0.717, 1.165) is 82.6 Å². The maximum Gasteiger partial charge on any atom is 0.157 e. The van der Waals surface area contributed by atoms with Crippen molar-refractivity contribution >= 4 is 60.8 Å². The molecule has 1 aromatic heterocycles. The van der Waals surface area contributed by atoms with Crippen molar-refractivity contribution in [1.29, 1.82) is 0 Å². The van der Waals surface area contributed by atoms with E-state index in [1.54, 1.807) is 0 Å². The van der Waals surface area contributed by atoms with Crippen LogP contribution in [0.3, 0.4) is 0 Å². The minimum Gasteiger partial charge on any atom is -0.456 e. The molecule has 5 nitrogen and oxygen atoms in total. The van der Waals surface area contributed by atoms with Crippen molar-refractivity contribution < 1.29 is 4.42 Å². The van der Waals surface area contributed by atoms with Crippen LogP contribution in [-0.2, 0) is 6.54 Å². The fourth-order valence-corrected chi connectivity index (χ4v) is 6.53. The van der Waals surface area contributed by atoms with Gasteiger partial charge in [-0.2, -0.15) is 0 Å². The highest BCUT2D eigenvalue weighted by atomic mass is 16.3. The molecule has 0 radical (unpaired) electrons. The van der Waals surface area contributed by atoms with Gasteiger partial charge in [-0.3, -0.25) is 4.99 Å². The van der Waals surface area contributed by atoms with Crippen LogP contribution < -0.4 is 11.5 Å². The molecule has 0 fully saturated rings. The summed E-state index contributed by atoms with van der Waals surface area (Å²) in [6.45, 7) is 2.57. The van der Waals surface area contributed by atoms with Crippen LogP contribution in [0.1, 0.15) is 22.3 Å². The molecule has 7 aromatic carbocycles. The number of hydrogen-bond donors (Lipinski definition) is 2. The van der Waals surface area contributed by atoms with Crippen LogP contribution in [0.15, 0.2) is 154 Å². The van der Waals surface area contributed by atoms with E-state index in [2.05, 4.69) is 79.7 Å². The number of rotatable bonds is 5. The van der Waals surface area contributed by atoms with Crippen molar-refractivity contribution in [3.63, 3.8) is 0 Å². The molecule has 0 unspecified atom stereocenters. The minimum absolute atomic E-state index is 0.403. The van der Waals surface area contributed by atoms with Crippen molar-refractivity contribution in [1.82, 2.24) is 0 Å². The molecule has 226 valence electrons. The molecule has 5 heteroatoms. The van der Waals surface area contributed by atoms with E-state index in [1.165, 1.54) is 0 Å². The molecular formula is C42H32N4O. The highest BCUT2D eigenvalue weighted by Gasteiger charge is 2.16. The van der Waals surface area contributed by atoms with Crippen LogP contribution in [0.5, 0.6) is 0 Å². The Labute approximate surface area is 272 Å². The van der Waals surface area contributed by atoms with Crippen LogP contribution in [0.25, 0.3) is 54.6 Å². The molecule has 0 saturated carbocycles. The predicted octanol–water partition coefficient (Wildman–Crippen LogP) is 9.80. The SMILES string of the molecule is Cc1cc(C(N)=NC(=NCc2ccccc2)c2ccc3cc4oc5ccccc5c4cc3c2)c2ccccc2c1-c1ccccc1N. The monoisotopic (exact) mass is 608 g/mol. The lowest BCUT2D eigenvalue weighted by Gasteiger charge is -2.16. The van der Waals surface area contributed by atoms with Crippen LogP contribution in [-0.4, -0.2) is 11.7 Å². The zero-order valence-corrected chi connectivity index (χ0v) is 25.9. The Morgan fingerprint density at radius 2 is 1.36 bits per heavy atom. The van der Waals surface area contributed by atoms with Crippen LogP contribution in [0, 0.1) is 6.92 Å². The van der Waals surface area contributed by atoms with E-state index in [4.69, 9.17) is 25.9 Å². The highest BCUT2D eigenvalue weighted by Crippen LogP contribution is 2.37.